The van der Waals surface area contributed by atoms with Gasteiger partial charge in [-0.05, 0) is 30.5 Å². The maximum Gasteiger partial charge on any atom is 0.242 e. The van der Waals surface area contributed by atoms with E-state index in [2.05, 4.69) is 20.3 Å². The van der Waals surface area contributed by atoms with Crippen molar-refractivity contribution >= 4 is 11.5 Å². The average Bonchev–Trinajstić information content (AvgIpc) is 3.09. The van der Waals surface area contributed by atoms with E-state index in [-0.39, 0.29) is 6.10 Å². The molecule has 0 saturated carbocycles. The zero-order valence-corrected chi connectivity index (χ0v) is 12.5. The number of rotatable bonds is 5. The Hall–Kier alpha value is -2.41. The van der Waals surface area contributed by atoms with Crippen molar-refractivity contribution in [2.75, 3.05) is 24.8 Å². The van der Waals surface area contributed by atoms with Crippen LogP contribution in [0.1, 0.15) is 30.3 Å². The van der Waals surface area contributed by atoms with E-state index < -0.39 is 0 Å². The molecular weight excluding hydrogens is 282 g/mol. The molecule has 1 fully saturated rings. The topological polar surface area (TPSA) is 95.2 Å². The molecule has 1 aliphatic rings. The lowest BCUT2D eigenvalue weighted by molar-refractivity contribution is 0.104. The molecule has 3 rings (SSSR count). The number of methoxy groups -OCH3 is 1. The molecule has 0 spiro atoms. The van der Waals surface area contributed by atoms with Crippen molar-refractivity contribution in [1.82, 2.24) is 15.0 Å². The Morgan fingerprint density at radius 3 is 2.86 bits per heavy atom. The van der Waals surface area contributed by atoms with Gasteiger partial charge in [-0.15, -0.1) is 0 Å². The van der Waals surface area contributed by atoms with Crippen LogP contribution in [0, 0.1) is 0 Å². The number of nitrogens with two attached hydrogens (primary N) is 1. The Kier molecular flexibility index (Phi) is 4.34. The SMILES string of the molecule is COc1nc(C2CCCO2)nc(NCc2ccncc2)c1N. The number of nitrogen functional groups attached to an aromatic ring is 1. The second kappa shape index (κ2) is 6.57. The second-order valence-corrected chi connectivity index (χ2v) is 5.06. The fourth-order valence-corrected chi connectivity index (χ4v) is 2.37. The fraction of sp³-hybridized carbons (Fsp3) is 0.400. The Morgan fingerprint density at radius 1 is 1.36 bits per heavy atom. The van der Waals surface area contributed by atoms with Crippen LogP contribution in [0.3, 0.4) is 0 Å². The van der Waals surface area contributed by atoms with Gasteiger partial charge in [-0.3, -0.25) is 4.98 Å². The molecular formula is C15H19N5O2. The third-order valence-electron chi connectivity index (χ3n) is 3.55. The fourth-order valence-electron chi connectivity index (χ4n) is 2.37. The van der Waals surface area contributed by atoms with Gasteiger partial charge in [0.25, 0.3) is 0 Å². The first-order chi connectivity index (χ1) is 10.8. The molecule has 0 bridgehead atoms. The molecule has 22 heavy (non-hydrogen) atoms. The maximum absolute atomic E-state index is 6.06. The van der Waals surface area contributed by atoms with Crippen molar-refractivity contribution in [2.24, 2.45) is 0 Å². The monoisotopic (exact) mass is 301 g/mol. The van der Waals surface area contributed by atoms with Gasteiger partial charge in [0.15, 0.2) is 11.6 Å². The van der Waals surface area contributed by atoms with Crippen molar-refractivity contribution in [1.29, 1.82) is 0 Å². The highest BCUT2D eigenvalue weighted by molar-refractivity contribution is 5.67. The molecule has 1 aliphatic heterocycles. The van der Waals surface area contributed by atoms with Crippen LogP contribution in [-0.4, -0.2) is 28.7 Å². The number of nitrogens with zero attached hydrogens (tertiary/aromatic N) is 3. The van der Waals surface area contributed by atoms with E-state index in [1.165, 1.54) is 0 Å². The van der Waals surface area contributed by atoms with Gasteiger partial charge in [-0.25, -0.2) is 4.98 Å². The molecule has 116 valence electrons. The average molecular weight is 301 g/mol. The molecule has 0 aliphatic carbocycles. The summed E-state index contributed by atoms with van der Waals surface area (Å²) in [7, 11) is 1.55. The lowest BCUT2D eigenvalue weighted by atomic mass is 10.2. The van der Waals surface area contributed by atoms with Crippen LogP contribution < -0.4 is 15.8 Å². The van der Waals surface area contributed by atoms with E-state index in [9.17, 15) is 0 Å². The lowest BCUT2D eigenvalue weighted by Crippen LogP contribution is -2.12. The highest BCUT2D eigenvalue weighted by atomic mass is 16.5. The molecule has 0 radical (unpaired) electrons. The predicted molar refractivity (Wildman–Crippen MR) is 82.5 cm³/mol. The molecule has 2 aromatic rings. The van der Waals surface area contributed by atoms with Crippen LogP contribution in [0.4, 0.5) is 11.5 Å². The van der Waals surface area contributed by atoms with E-state index in [1.807, 2.05) is 12.1 Å². The number of hydrogen-bond acceptors (Lipinski definition) is 7. The van der Waals surface area contributed by atoms with Gasteiger partial charge < -0.3 is 20.5 Å². The van der Waals surface area contributed by atoms with Crippen LogP contribution >= 0.6 is 0 Å². The van der Waals surface area contributed by atoms with E-state index in [0.29, 0.717) is 29.8 Å². The molecule has 3 heterocycles. The first-order valence-corrected chi connectivity index (χ1v) is 7.23. The van der Waals surface area contributed by atoms with Gasteiger partial charge in [0.2, 0.25) is 5.88 Å². The summed E-state index contributed by atoms with van der Waals surface area (Å²) in [5.41, 5.74) is 7.55. The molecule has 3 N–H and O–H groups in total. The van der Waals surface area contributed by atoms with Gasteiger partial charge in [0, 0.05) is 25.5 Å². The zero-order chi connectivity index (χ0) is 15.4. The van der Waals surface area contributed by atoms with E-state index in [4.69, 9.17) is 15.2 Å². The molecule has 7 heteroatoms. The largest absolute Gasteiger partial charge is 0.479 e. The summed E-state index contributed by atoms with van der Waals surface area (Å²) in [6, 6.07) is 3.87. The molecule has 7 nitrogen and oxygen atoms in total. The quantitative estimate of drug-likeness (QED) is 0.871. The number of hydrogen-bond donors (Lipinski definition) is 2. The smallest absolute Gasteiger partial charge is 0.242 e. The van der Waals surface area contributed by atoms with Crippen LogP contribution in [0.15, 0.2) is 24.5 Å². The van der Waals surface area contributed by atoms with Crippen LogP contribution in [-0.2, 0) is 11.3 Å². The Morgan fingerprint density at radius 2 is 2.18 bits per heavy atom. The standard InChI is InChI=1S/C15H19N5O2/c1-21-15-12(16)14(18-9-10-4-6-17-7-5-10)19-13(20-15)11-3-2-8-22-11/h4-7,11H,2-3,8-9,16H2,1H3,(H,18,19,20). The highest BCUT2D eigenvalue weighted by Gasteiger charge is 2.23. The van der Waals surface area contributed by atoms with E-state index in [1.54, 1.807) is 19.5 Å². The third kappa shape index (κ3) is 3.09. The molecule has 0 aromatic carbocycles. The summed E-state index contributed by atoms with van der Waals surface area (Å²) in [5.74, 6) is 1.55. The van der Waals surface area contributed by atoms with Gasteiger partial charge >= 0.3 is 0 Å². The first-order valence-electron chi connectivity index (χ1n) is 7.23. The van der Waals surface area contributed by atoms with Crippen molar-refractivity contribution in [3.8, 4) is 5.88 Å². The summed E-state index contributed by atoms with van der Waals surface area (Å²) in [6.07, 6.45) is 5.34. The lowest BCUT2D eigenvalue weighted by Gasteiger charge is -2.15. The zero-order valence-electron chi connectivity index (χ0n) is 12.5. The normalized spacial score (nSPS) is 17.4. The van der Waals surface area contributed by atoms with Gasteiger partial charge in [0.1, 0.15) is 11.8 Å². The number of anilines is 2. The summed E-state index contributed by atoms with van der Waals surface area (Å²) in [6.45, 7) is 1.33. The number of aromatic nitrogens is 3. The minimum absolute atomic E-state index is 0.0871. The van der Waals surface area contributed by atoms with Crippen molar-refractivity contribution in [2.45, 2.75) is 25.5 Å². The number of pyridine rings is 1. The maximum atomic E-state index is 6.06. The Labute approximate surface area is 128 Å². The van der Waals surface area contributed by atoms with Crippen molar-refractivity contribution in [3.05, 3.63) is 35.9 Å². The van der Waals surface area contributed by atoms with Crippen molar-refractivity contribution < 1.29 is 9.47 Å². The Bertz CT molecular complexity index is 629. The van der Waals surface area contributed by atoms with Crippen LogP contribution in [0.5, 0.6) is 5.88 Å². The second-order valence-electron chi connectivity index (χ2n) is 5.06. The highest BCUT2D eigenvalue weighted by Crippen LogP contribution is 2.32. The van der Waals surface area contributed by atoms with Crippen LogP contribution in [0.25, 0.3) is 0 Å². The summed E-state index contributed by atoms with van der Waals surface area (Å²) < 4.78 is 10.9. The van der Waals surface area contributed by atoms with Gasteiger partial charge in [0.05, 0.1) is 7.11 Å². The minimum Gasteiger partial charge on any atom is -0.479 e. The van der Waals surface area contributed by atoms with E-state index >= 15 is 0 Å². The summed E-state index contributed by atoms with van der Waals surface area (Å²) in [4.78, 5) is 12.9. The summed E-state index contributed by atoms with van der Waals surface area (Å²) >= 11 is 0. The van der Waals surface area contributed by atoms with Crippen molar-refractivity contribution in [3.63, 3.8) is 0 Å². The Balaban J connectivity index is 1.83. The van der Waals surface area contributed by atoms with E-state index in [0.717, 1.165) is 25.0 Å². The number of ether oxygens (including phenoxy) is 2. The number of nitrogens with one attached hydrogen (secondary N) is 1. The molecule has 1 saturated heterocycles. The first kappa shape index (κ1) is 14.5. The van der Waals surface area contributed by atoms with Crippen LogP contribution in [0.2, 0.25) is 0 Å². The van der Waals surface area contributed by atoms with Gasteiger partial charge in [-0.2, -0.15) is 4.98 Å². The minimum atomic E-state index is -0.0871. The molecule has 0 amide bonds. The third-order valence-corrected chi connectivity index (χ3v) is 3.55. The predicted octanol–water partition coefficient (Wildman–Crippen LogP) is 1.93. The molecule has 2 aromatic heterocycles. The summed E-state index contributed by atoms with van der Waals surface area (Å²) in [5, 5.41) is 3.23. The molecule has 1 atom stereocenters. The van der Waals surface area contributed by atoms with Gasteiger partial charge in [-0.1, -0.05) is 0 Å². The molecule has 1 unspecified atom stereocenters.